The molecule has 202 valence electrons. The Bertz CT molecular complexity index is 1390. The Morgan fingerprint density at radius 2 is 1.62 bits per heavy atom. The largest absolute Gasteiger partial charge is 0.513 e. The quantitative estimate of drug-likeness (QED) is 0.0694. The molecule has 0 saturated heterocycles. The van der Waals surface area contributed by atoms with Crippen molar-refractivity contribution in [1.82, 2.24) is 19.9 Å². The number of nitrogens with zero attached hydrogens (tertiary/aromatic N) is 5. The fraction of sp³-hybridized carbons (Fsp3) is 0.222. The number of ether oxygens (including phenoxy) is 5. The summed E-state index contributed by atoms with van der Waals surface area (Å²) in [7, 11) is 5.16. The van der Waals surface area contributed by atoms with E-state index < -0.39 is 6.16 Å². The molecule has 2 heterocycles. The summed E-state index contributed by atoms with van der Waals surface area (Å²) in [6.45, 7) is -0.138. The zero-order valence-corrected chi connectivity index (χ0v) is 23.7. The Morgan fingerprint density at radius 3 is 2.28 bits per heavy atom. The van der Waals surface area contributed by atoms with Gasteiger partial charge in [0.15, 0.2) is 23.1 Å². The minimum absolute atomic E-state index is 0.0376. The Labute approximate surface area is 239 Å². The molecule has 4 aromatic rings. The van der Waals surface area contributed by atoms with Crippen molar-refractivity contribution in [2.75, 3.05) is 39.3 Å². The van der Waals surface area contributed by atoms with Crippen LogP contribution in [0.3, 0.4) is 0 Å². The lowest BCUT2D eigenvalue weighted by Gasteiger charge is -2.20. The number of aromatic nitrogens is 4. The van der Waals surface area contributed by atoms with Gasteiger partial charge in [-0.1, -0.05) is 46.9 Å². The summed E-state index contributed by atoms with van der Waals surface area (Å²) in [6.07, 6.45) is 2.34. The zero-order chi connectivity index (χ0) is 27.6. The van der Waals surface area contributed by atoms with E-state index >= 15 is 0 Å². The maximum atomic E-state index is 12.2. The second-order valence-electron chi connectivity index (χ2n) is 8.05. The smallest absolute Gasteiger partial charge is 0.493 e. The maximum absolute atomic E-state index is 12.2. The molecule has 11 nitrogen and oxygen atoms in total. The molecule has 0 saturated carbocycles. The van der Waals surface area contributed by atoms with Crippen LogP contribution in [0.15, 0.2) is 67.0 Å². The van der Waals surface area contributed by atoms with Gasteiger partial charge < -0.3 is 28.6 Å². The van der Waals surface area contributed by atoms with Crippen LogP contribution in [0.2, 0.25) is 0 Å². The molecule has 39 heavy (non-hydrogen) atoms. The van der Waals surface area contributed by atoms with Gasteiger partial charge in [0.05, 0.1) is 7.11 Å². The molecule has 0 aliphatic heterocycles. The van der Waals surface area contributed by atoms with E-state index in [1.807, 2.05) is 38.4 Å². The van der Waals surface area contributed by atoms with Crippen LogP contribution in [-0.4, -0.2) is 60.5 Å². The van der Waals surface area contributed by atoms with Crippen molar-refractivity contribution in [3.8, 4) is 40.5 Å². The van der Waals surface area contributed by atoms with Gasteiger partial charge in [0.1, 0.15) is 19.0 Å². The van der Waals surface area contributed by atoms with Crippen molar-refractivity contribution in [2.45, 2.75) is 4.43 Å². The van der Waals surface area contributed by atoms with E-state index in [4.69, 9.17) is 23.7 Å². The first-order valence-electron chi connectivity index (χ1n) is 11.8. The van der Waals surface area contributed by atoms with Crippen molar-refractivity contribution >= 4 is 34.6 Å². The van der Waals surface area contributed by atoms with Crippen LogP contribution in [0, 0.1) is 0 Å². The highest BCUT2D eigenvalue weighted by Gasteiger charge is 2.23. The van der Waals surface area contributed by atoms with Crippen molar-refractivity contribution < 1.29 is 28.5 Å². The van der Waals surface area contributed by atoms with Gasteiger partial charge in [-0.15, -0.1) is 0 Å². The molecule has 2 aromatic carbocycles. The van der Waals surface area contributed by atoms with Gasteiger partial charge in [0, 0.05) is 30.9 Å². The third kappa shape index (κ3) is 7.44. The van der Waals surface area contributed by atoms with E-state index in [2.05, 4.69) is 42.5 Å². The molecule has 2 aromatic heterocycles. The number of alkyl halides is 1. The van der Waals surface area contributed by atoms with Crippen molar-refractivity contribution in [1.29, 1.82) is 0 Å². The number of hydrogen-bond donors (Lipinski definition) is 0. The number of carbonyl (C=O) groups excluding carboxylic acids is 1. The van der Waals surface area contributed by atoms with Crippen LogP contribution in [0.5, 0.6) is 28.9 Å². The molecule has 0 fully saturated rings. The number of halogens is 1. The molecule has 12 heteroatoms. The summed E-state index contributed by atoms with van der Waals surface area (Å²) in [4.78, 5) is 31.5. The molecule has 0 aliphatic rings. The molecule has 4 rings (SSSR count). The first-order chi connectivity index (χ1) is 19.0. The number of benzene rings is 2. The molecular formula is C27H26IN5O6. The highest BCUT2D eigenvalue weighted by molar-refractivity contribution is 14.1. The third-order valence-electron chi connectivity index (χ3n) is 5.11. The number of para-hydroxylation sites is 2. The number of carbonyl (C=O) groups is 1. The number of hydrogen-bond acceptors (Lipinski definition) is 11. The maximum Gasteiger partial charge on any atom is 0.513 e. The predicted molar refractivity (Wildman–Crippen MR) is 152 cm³/mol. The van der Waals surface area contributed by atoms with E-state index in [1.54, 1.807) is 54.7 Å². The minimum Gasteiger partial charge on any atom is -0.493 e. The van der Waals surface area contributed by atoms with E-state index in [0.29, 0.717) is 28.9 Å². The zero-order valence-electron chi connectivity index (χ0n) is 21.5. The van der Waals surface area contributed by atoms with Gasteiger partial charge >= 0.3 is 6.16 Å². The lowest BCUT2D eigenvalue weighted by atomic mass is 10.2. The van der Waals surface area contributed by atoms with Gasteiger partial charge in [-0.2, -0.15) is 4.98 Å². The topological polar surface area (TPSA) is 118 Å². The highest BCUT2D eigenvalue weighted by Crippen LogP contribution is 2.41. The fourth-order valence-electron chi connectivity index (χ4n) is 3.27. The Morgan fingerprint density at radius 1 is 0.897 bits per heavy atom. The van der Waals surface area contributed by atoms with Gasteiger partial charge in [-0.3, -0.25) is 0 Å². The monoisotopic (exact) mass is 643 g/mol. The lowest BCUT2D eigenvalue weighted by molar-refractivity contribution is 0.0836. The fourth-order valence-corrected chi connectivity index (χ4v) is 3.78. The van der Waals surface area contributed by atoms with Gasteiger partial charge in [0.2, 0.25) is 11.6 Å². The summed E-state index contributed by atoms with van der Waals surface area (Å²) in [6, 6.07) is 16.1. The highest BCUT2D eigenvalue weighted by atomic mass is 127. The predicted octanol–water partition coefficient (Wildman–Crippen LogP) is 5.33. The Balaban J connectivity index is 1.54. The Kier molecular flexibility index (Phi) is 9.67. The van der Waals surface area contributed by atoms with E-state index in [9.17, 15) is 4.79 Å². The number of rotatable bonds is 11. The summed E-state index contributed by atoms with van der Waals surface area (Å²) < 4.78 is 28.8. The minimum atomic E-state index is -0.846. The van der Waals surface area contributed by atoms with E-state index in [0.717, 1.165) is 9.99 Å². The third-order valence-corrected chi connectivity index (χ3v) is 5.99. The number of methoxy groups -OCH3 is 1. The summed E-state index contributed by atoms with van der Waals surface area (Å²) >= 11 is 2.26. The van der Waals surface area contributed by atoms with Crippen LogP contribution >= 0.6 is 22.6 Å². The van der Waals surface area contributed by atoms with Crippen molar-refractivity contribution in [3.05, 3.63) is 72.6 Å². The molecule has 0 atom stereocenters. The lowest BCUT2D eigenvalue weighted by Crippen LogP contribution is -2.18. The van der Waals surface area contributed by atoms with Crippen LogP contribution < -0.4 is 23.8 Å². The molecule has 0 spiro atoms. The van der Waals surface area contributed by atoms with Gasteiger partial charge in [-0.25, -0.2) is 19.7 Å². The average Bonchev–Trinajstić information content (AvgIpc) is 2.96. The number of anilines is 1. The summed E-state index contributed by atoms with van der Waals surface area (Å²) in [5.74, 6) is 2.65. The first kappa shape index (κ1) is 27.8. The second-order valence-corrected chi connectivity index (χ2v) is 8.81. The van der Waals surface area contributed by atoms with E-state index in [1.165, 1.54) is 0 Å². The van der Waals surface area contributed by atoms with Crippen LogP contribution in [0.4, 0.5) is 10.6 Å². The average molecular weight is 643 g/mol. The molecule has 0 radical (unpaired) electrons. The summed E-state index contributed by atoms with van der Waals surface area (Å²) in [5, 5.41) is 0. The molecule has 0 bridgehead atoms. The summed E-state index contributed by atoms with van der Waals surface area (Å²) in [5.41, 5.74) is 1.12. The second kappa shape index (κ2) is 13.6. The normalized spacial score (nSPS) is 10.5. The Hall–Kier alpha value is -4.20. The SMILES string of the molecule is COc1ccccc1Oc1c(OCCOC(=O)Oc2ccc(CI)cc2)nc(-c2ncccn2)nc1N(C)C. The van der Waals surface area contributed by atoms with Crippen molar-refractivity contribution in [2.24, 2.45) is 0 Å². The molecule has 0 N–H and O–H groups in total. The molecule has 0 amide bonds. The van der Waals surface area contributed by atoms with Gasteiger partial charge in [0.25, 0.3) is 5.88 Å². The van der Waals surface area contributed by atoms with Crippen LogP contribution in [-0.2, 0) is 9.16 Å². The van der Waals surface area contributed by atoms with Crippen LogP contribution in [0.25, 0.3) is 11.6 Å². The standard InChI is InChI=1S/C27H26IN5O6/c1-33(2)25-22(39-21-8-5-4-7-20(21)35-3)26(32-24(31-25)23-29-13-6-14-30-23)36-15-16-37-27(34)38-19-11-9-18(17-28)10-12-19/h4-14H,15-17H2,1-3H3. The van der Waals surface area contributed by atoms with Crippen LogP contribution in [0.1, 0.15) is 5.56 Å². The first-order valence-corrected chi connectivity index (χ1v) is 13.3. The van der Waals surface area contributed by atoms with E-state index in [-0.39, 0.29) is 30.7 Å². The molecule has 0 aliphatic carbocycles. The molecule has 0 unspecified atom stereocenters. The van der Waals surface area contributed by atoms with Gasteiger partial charge in [-0.05, 0) is 35.9 Å². The van der Waals surface area contributed by atoms with Crippen molar-refractivity contribution in [3.63, 3.8) is 0 Å². The molecular weight excluding hydrogens is 617 g/mol.